The lowest BCUT2D eigenvalue weighted by Crippen LogP contribution is -2.07. The highest BCUT2D eigenvalue weighted by Gasteiger charge is 2.18. The molecule has 0 aliphatic carbocycles. The highest BCUT2D eigenvalue weighted by Crippen LogP contribution is 2.30. The van der Waals surface area contributed by atoms with Gasteiger partial charge in [0.05, 0.1) is 21.3 Å². The Kier molecular flexibility index (Phi) is 5.30. The van der Waals surface area contributed by atoms with Gasteiger partial charge >= 0.3 is 5.97 Å². The van der Waals surface area contributed by atoms with Crippen LogP contribution in [0.5, 0.6) is 23.0 Å². The van der Waals surface area contributed by atoms with Crippen molar-refractivity contribution in [3.8, 4) is 23.0 Å². The van der Waals surface area contributed by atoms with Gasteiger partial charge in [-0.3, -0.25) is 0 Å². The highest BCUT2D eigenvalue weighted by atomic mass is 16.5. The molecule has 2 aromatic rings. The largest absolute Gasteiger partial charge is 0.507 e. The summed E-state index contributed by atoms with van der Waals surface area (Å²) in [5.41, 5.74) is 0.725. The van der Waals surface area contributed by atoms with E-state index in [1.165, 1.54) is 13.2 Å². The molecule has 0 atom stereocenters. The first-order chi connectivity index (χ1) is 11.1. The van der Waals surface area contributed by atoms with Gasteiger partial charge in [-0.05, 0) is 30.3 Å². The predicted molar refractivity (Wildman–Crippen MR) is 83.3 cm³/mol. The quantitative estimate of drug-likeness (QED) is 0.826. The van der Waals surface area contributed by atoms with Crippen molar-refractivity contribution in [3.63, 3.8) is 0 Å². The molecule has 0 spiro atoms. The fourth-order valence-electron chi connectivity index (χ4n) is 2.10. The topological polar surface area (TPSA) is 74.2 Å². The van der Waals surface area contributed by atoms with Gasteiger partial charge in [0.2, 0.25) is 0 Å². The van der Waals surface area contributed by atoms with Gasteiger partial charge in [-0.1, -0.05) is 6.07 Å². The Morgan fingerprint density at radius 1 is 1.04 bits per heavy atom. The number of methoxy groups -OCH3 is 3. The molecule has 0 radical (unpaired) electrons. The van der Waals surface area contributed by atoms with Crippen molar-refractivity contribution in [1.82, 2.24) is 0 Å². The summed E-state index contributed by atoms with van der Waals surface area (Å²) in [5.74, 6) is 0.642. The lowest BCUT2D eigenvalue weighted by molar-refractivity contribution is 0.0592. The molecule has 0 amide bonds. The zero-order valence-corrected chi connectivity index (χ0v) is 13.2. The maximum Gasteiger partial charge on any atom is 0.345 e. The molecule has 0 unspecified atom stereocenters. The molecule has 6 nitrogen and oxygen atoms in total. The number of carbonyl (C=O) groups is 1. The van der Waals surface area contributed by atoms with E-state index in [0.717, 1.165) is 5.56 Å². The van der Waals surface area contributed by atoms with Crippen molar-refractivity contribution in [2.75, 3.05) is 21.3 Å². The first-order valence-corrected chi connectivity index (χ1v) is 6.84. The van der Waals surface area contributed by atoms with Crippen LogP contribution in [-0.2, 0) is 11.3 Å². The molecule has 6 heteroatoms. The van der Waals surface area contributed by atoms with Gasteiger partial charge in [0.15, 0.2) is 0 Å². The van der Waals surface area contributed by atoms with E-state index >= 15 is 0 Å². The molecule has 2 rings (SSSR count). The Labute approximate surface area is 134 Å². The number of aromatic hydroxyl groups is 1. The van der Waals surface area contributed by atoms with Gasteiger partial charge < -0.3 is 24.1 Å². The third-order valence-corrected chi connectivity index (χ3v) is 3.26. The first kappa shape index (κ1) is 16.5. The maximum atomic E-state index is 11.8. The fraction of sp³-hybridized carbons (Fsp3) is 0.235. The molecule has 122 valence electrons. The van der Waals surface area contributed by atoms with Crippen molar-refractivity contribution in [2.45, 2.75) is 6.61 Å². The third-order valence-electron chi connectivity index (χ3n) is 3.26. The molecule has 0 saturated carbocycles. The summed E-state index contributed by atoms with van der Waals surface area (Å²) in [6.07, 6.45) is 0. The Hall–Kier alpha value is -2.89. The number of carbonyl (C=O) groups excluding carboxylic acids is 1. The van der Waals surface area contributed by atoms with E-state index < -0.39 is 5.97 Å². The molecule has 23 heavy (non-hydrogen) atoms. The van der Waals surface area contributed by atoms with Crippen molar-refractivity contribution in [1.29, 1.82) is 0 Å². The zero-order chi connectivity index (χ0) is 16.8. The van der Waals surface area contributed by atoms with Crippen LogP contribution in [0.2, 0.25) is 0 Å². The lowest BCUT2D eigenvalue weighted by atomic mass is 10.1. The van der Waals surface area contributed by atoms with Gasteiger partial charge in [0.1, 0.15) is 35.2 Å². The number of ether oxygens (including phenoxy) is 4. The summed E-state index contributed by atoms with van der Waals surface area (Å²) in [7, 11) is 4.36. The van der Waals surface area contributed by atoms with Crippen LogP contribution in [0.3, 0.4) is 0 Å². The lowest BCUT2D eigenvalue weighted by Gasteiger charge is -2.14. The van der Waals surface area contributed by atoms with Crippen molar-refractivity contribution < 1.29 is 28.8 Å². The number of esters is 1. The number of hydrogen-bond acceptors (Lipinski definition) is 6. The molecule has 0 heterocycles. The molecule has 0 aliphatic rings. The second kappa shape index (κ2) is 7.40. The molecule has 0 bridgehead atoms. The summed E-state index contributed by atoms with van der Waals surface area (Å²) >= 11 is 0. The van der Waals surface area contributed by atoms with Crippen molar-refractivity contribution in [2.24, 2.45) is 0 Å². The van der Waals surface area contributed by atoms with Gasteiger partial charge in [0, 0.05) is 5.56 Å². The molecule has 0 aliphatic heterocycles. The van der Waals surface area contributed by atoms with Crippen LogP contribution in [0.15, 0.2) is 36.4 Å². The first-order valence-electron chi connectivity index (χ1n) is 6.84. The van der Waals surface area contributed by atoms with E-state index in [1.54, 1.807) is 44.6 Å². The summed E-state index contributed by atoms with van der Waals surface area (Å²) < 4.78 is 20.8. The second-order valence-corrected chi connectivity index (χ2v) is 4.61. The Balaban J connectivity index is 2.28. The maximum absolute atomic E-state index is 11.8. The van der Waals surface area contributed by atoms with Crippen LogP contribution in [0.4, 0.5) is 0 Å². The van der Waals surface area contributed by atoms with Crippen LogP contribution in [0.25, 0.3) is 0 Å². The van der Waals surface area contributed by atoms with Gasteiger partial charge in [0.25, 0.3) is 0 Å². The monoisotopic (exact) mass is 318 g/mol. The molecular formula is C17H18O6. The molecule has 0 aromatic heterocycles. The summed E-state index contributed by atoms with van der Waals surface area (Å²) in [4.78, 5) is 11.8. The second-order valence-electron chi connectivity index (χ2n) is 4.61. The van der Waals surface area contributed by atoms with E-state index in [-0.39, 0.29) is 23.7 Å². The minimum atomic E-state index is -0.671. The van der Waals surface area contributed by atoms with Gasteiger partial charge in [-0.15, -0.1) is 0 Å². The van der Waals surface area contributed by atoms with Crippen molar-refractivity contribution >= 4 is 5.97 Å². The molecule has 0 saturated heterocycles. The minimum absolute atomic E-state index is 0.0168. The average molecular weight is 318 g/mol. The summed E-state index contributed by atoms with van der Waals surface area (Å²) in [6.45, 7) is 0.133. The predicted octanol–water partition coefficient (Wildman–Crippen LogP) is 2.78. The van der Waals surface area contributed by atoms with Crippen LogP contribution in [-0.4, -0.2) is 32.4 Å². The number of rotatable bonds is 6. The SMILES string of the molecule is COC(=O)c1c(O)cccc1OCc1cc(OC)ccc1OC. The van der Waals surface area contributed by atoms with E-state index in [9.17, 15) is 9.90 Å². The molecule has 0 fully saturated rings. The molecular weight excluding hydrogens is 300 g/mol. The third kappa shape index (κ3) is 3.66. The van der Waals surface area contributed by atoms with E-state index in [2.05, 4.69) is 4.74 Å². The average Bonchev–Trinajstić information content (AvgIpc) is 2.58. The number of phenols is 1. The minimum Gasteiger partial charge on any atom is -0.507 e. The van der Waals surface area contributed by atoms with Gasteiger partial charge in [-0.25, -0.2) is 4.79 Å². The van der Waals surface area contributed by atoms with Crippen LogP contribution in [0, 0.1) is 0 Å². The Morgan fingerprint density at radius 3 is 2.48 bits per heavy atom. The number of hydrogen-bond donors (Lipinski definition) is 1. The standard InChI is InChI=1S/C17H18O6/c1-20-12-7-8-14(21-2)11(9-12)10-23-15-6-4-5-13(18)16(15)17(19)22-3/h4-9,18H,10H2,1-3H3. The van der Waals surface area contributed by atoms with Crippen LogP contribution >= 0.6 is 0 Å². The van der Waals surface area contributed by atoms with E-state index in [0.29, 0.717) is 11.5 Å². The zero-order valence-electron chi connectivity index (χ0n) is 13.2. The van der Waals surface area contributed by atoms with Crippen LogP contribution in [0.1, 0.15) is 15.9 Å². The summed E-state index contributed by atoms with van der Waals surface area (Å²) in [6, 6.07) is 9.88. The number of phenolic OH excluding ortho intramolecular Hbond substituents is 1. The Morgan fingerprint density at radius 2 is 1.83 bits per heavy atom. The molecule has 1 N–H and O–H groups in total. The van der Waals surface area contributed by atoms with Crippen molar-refractivity contribution in [3.05, 3.63) is 47.5 Å². The highest BCUT2D eigenvalue weighted by molar-refractivity contribution is 5.95. The van der Waals surface area contributed by atoms with E-state index in [4.69, 9.17) is 14.2 Å². The normalized spacial score (nSPS) is 10.0. The van der Waals surface area contributed by atoms with E-state index in [1.807, 2.05) is 0 Å². The van der Waals surface area contributed by atoms with Crippen LogP contribution < -0.4 is 14.2 Å². The summed E-state index contributed by atoms with van der Waals surface area (Å²) in [5, 5.41) is 9.85. The smallest absolute Gasteiger partial charge is 0.345 e. The molecule has 2 aromatic carbocycles. The van der Waals surface area contributed by atoms with Gasteiger partial charge in [-0.2, -0.15) is 0 Å². The Bertz CT molecular complexity index is 695. The fourth-order valence-corrected chi connectivity index (χ4v) is 2.10. The number of benzene rings is 2.